The molecule has 0 spiro atoms. The summed E-state index contributed by atoms with van der Waals surface area (Å²) in [6.07, 6.45) is 0. The smallest absolute Gasteiger partial charge is 0.307 e. The highest BCUT2D eigenvalue weighted by atomic mass is 35.5. The van der Waals surface area contributed by atoms with E-state index in [-0.39, 0.29) is 40.9 Å². The van der Waals surface area contributed by atoms with E-state index in [0.29, 0.717) is 38.4 Å². The van der Waals surface area contributed by atoms with Crippen molar-refractivity contribution in [3.8, 4) is 28.6 Å². The van der Waals surface area contributed by atoms with Crippen molar-refractivity contribution in [3.05, 3.63) is 114 Å². The van der Waals surface area contributed by atoms with Crippen LogP contribution in [0.1, 0.15) is 10.4 Å². The molecule has 2 heterocycles. The average Bonchev–Trinajstić information content (AvgIpc) is 3.27. The molecule has 198 valence electrons. The van der Waals surface area contributed by atoms with Crippen molar-refractivity contribution in [2.24, 2.45) is 7.05 Å². The lowest BCUT2D eigenvalue weighted by Gasteiger charge is -2.18. The summed E-state index contributed by atoms with van der Waals surface area (Å²) >= 11 is 7.25. The highest BCUT2D eigenvalue weighted by Gasteiger charge is 2.20. The van der Waals surface area contributed by atoms with E-state index in [1.54, 1.807) is 66.2 Å². The number of pyridine rings is 1. The second-order valence-corrected chi connectivity index (χ2v) is 9.97. The summed E-state index contributed by atoms with van der Waals surface area (Å²) in [4.78, 5) is 27.1. The number of halogens is 2. The van der Waals surface area contributed by atoms with Crippen molar-refractivity contribution < 1.29 is 19.0 Å². The van der Waals surface area contributed by atoms with Crippen LogP contribution in [-0.4, -0.2) is 27.9 Å². The minimum atomic E-state index is -0.474. The third kappa shape index (κ3) is 5.06. The van der Waals surface area contributed by atoms with E-state index in [0.717, 1.165) is 11.3 Å². The van der Waals surface area contributed by atoms with Gasteiger partial charge in [-0.25, -0.2) is 4.39 Å². The quantitative estimate of drug-likeness (QED) is 0.226. The van der Waals surface area contributed by atoms with Gasteiger partial charge in [0.15, 0.2) is 5.75 Å². The summed E-state index contributed by atoms with van der Waals surface area (Å²) in [6.45, 7) is 3.98. The predicted molar refractivity (Wildman–Crippen MR) is 152 cm³/mol. The van der Waals surface area contributed by atoms with Gasteiger partial charge in [-0.05, 0) is 47.5 Å². The minimum Gasteiger partial charge on any atom is -0.493 e. The zero-order valence-corrected chi connectivity index (χ0v) is 22.2. The Hall–Kier alpha value is -4.34. The Kier molecular flexibility index (Phi) is 7.28. The maximum atomic E-state index is 14.8. The van der Waals surface area contributed by atoms with Crippen LogP contribution in [0.15, 0.2) is 82.9 Å². The van der Waals surface area contributed by atoms with Crippen LogP contribution < -0.4 is 19.8 Å². The number of hydrogen-bond donors (Lipinski definition) is 2. The standard InChI is InChI=1S/C29H22ClFN2O5S/c1-16(27-28(35)32-29(36)39-27)17-11-12-23(20(30)15-17)37-13-14-38-26-24(18-7-3-5-9-21(18)31)33(2)22-10-6-4-8-19(22)25(26)34/h3-12,15,35H,1,13-14H2,2H3,(H,32,36). The van der Waals surface area contributed by atoms with E-state index in [1.165, 1.54) is 6.07 Å². The maximum absolute atomic E-state index is 14.8. The maximum Gasteiger partial charge on any atom is 0.307 e. The van der Waals surface area contributed by atoms with Gasteiger partial charge in [-0.15, -0.1) is 0 Å². The van der Waals surface area contributed by atoms with Gasteiger partial charge in [0.25, 0.3) is 0 Å². The van der Waals surface area contributed by atoms with Gasteiger partial charge in [0.1, 0.15) is 24.8 Å². The Bertz CT molecular complexity index is 1840. The third-order valence-electron chi connectivity index (χ3n) is 6.17. The summed E-state index contributed by atoms with van der Waals surface area (Å²) in [7, 11) is 1.76. The minimum absolute atomic E-state index is 0.00893. The number of thiazole rings is 1. The van der Waals surface area contributed by atoms with E-state index < -0.39 is 10.7 Å². The second kappa shape index (κ2) is 10.8. The predicted octanol–water partition coefficient (Wildman–Crippen LogP) is 5.97. The first-order valence-electron chi connectivity index (χ1n) is 11.8. The Morgan fingerprint density at radius 2 is 1.79 bits per heavy atom. The van der Waals surface area contributed by atoms with Crippen LogP contribution in [-0.2, 0) is 7.05 Å². The molecule has 0 fully saturated rings. The molecular weight excluding hydrogens is 543 g/mol. The van der Waals surface area contributed by atoms with Gasteiger partial charge in [-0.2, -0.15) is 0 Å². The van der Waals surface area contributed by atoms with Crippen LogP contribution in [0.2, 0.25) is 5.02 Å². The number of H-pyrrole nitrogens is 1. The molecule has 0 aliphatic carbocycles. The lowest BCUT2D eigenvalue weighted by atomic mass is 10.1. The SMILES string of the molecule is C=C(c1ccc(OCCOc2c(-c3ccccc3F)n(C)c3ccccc3c2=O)c(Cl)c1)c1sc(=O)[nH]c1O. The molecule has 2 aromatic heterocycles. The van der Waals surface area contributed by atoms with Crippen LogP contribution in [0.5, 0.6) is 17.4 Å². The van der Waals surface area contributed by atoms with Crippen LogP contribution >= 0.6 is 22.9 Å². The Morgan fingerprint density at radius 3 is 2.51 bits per heavy atom. The Morgan fingerprint density at radius 1 is 1.08 bits per heavy atom. The van der Waals surface area contributed by atoms with Crippen LogP contribution in [0, 0.1) is 5.82 Å². The van der Waals surface area contributed by atoms with Crippen molar-refractivity contribution in [1.82, 2.24) is 9.55 Å². The van der Waals surface area contributed by atoms with E-state index >= 15 is 0 Å². The molecule has 0 bridgehead atoms. The first-order chi connectivity index (χ1) is 18.8. The van der Waals surface area contributed by atoms with E-state index in [4.69, 9.17) is 21.1 Å². The number of aryl methyl sites for hydroxylation is 1. The molecule has 0 unspecified atom stereocenters. The molecule has 0 saturated carbocycles. The topological polar surface area (TPSA) is 93.5 Å². The Labute approximate surface area is 231 Å². The monoisotopic (exact) mass is 564 g/mol. The summed E-state index contributed by atoms with van der Waals surface area (Å²) in [5.74, 6) is -0.340. The largest absolute Gasteiger partial charge is 0.493 e. The van der Waals surface area contributed by atoms with Crippen molar-refractivity contribution >= 4 is 39.4 Å². The van der Waals surface area contributed by atoms with Gasteiger partial charge >= 0.3 is 4.87 Å². The van der Waals surface area contributed by atoms with Crippen molar-refractivity contribution in [3.63, 3.8) is 0 Å². The number of benzene rings is 3. The fourth-order valence-corrected chi connectivity index (χ4v) is 5.26. The van der Waals surface area contributed by atoms with Crippen molar-refractivity contribution in [2.45, 2.75) is 0 Å². The molecular formula is C29H22ClFN2O5S. The normalized spacial score (nSPS) is 11.1. The highest BCUT2D eigenvalue weighted by Crippen LogP contribution is 2.35. The number of aromatic nitrogens is 2. The molecule has 0 radical (unpaired) electrons. The average molecular weight is 565 g/mol. The molecule has 0 amide bonds. The third-order valence-corrected chi connectivity index (χ3v) is 7.39. The second-order valence-electron chi connectivity index (χ2n) is 8.58. The summed E-state index contributed by atoms with van der Waals surface area (Å²) in [5, 5.41) is 10.6. The van der Waals surface area contributed by atoms with Crippen LogP contribution in [0.4, 0.5) is 4.39 Å². The first-order valence-corrected chi connectivity index (χ1v) is 13.0. The fraction of sp³-hybridized carbons (Fsp3) is 0.103. The lowest BCUT2D eigenvalue weighted by molar-refractivity contribution is 0.216. The van der Waals surface area contributed by atoms with E-state index in [1.807, 2.05) is 6.07 Å². The number of nitrogens with one attached hydrogen (secondary N) is 1. The summed E-state index contributed by atoms with van der Waals surface area (Å²) < 4.78 is 28.2. The number of hydrogen-bond acceptors (Lipinski definition) is 6. The van der Waals surface area contributed by atoms with Gasteiger partial charge in [0, 0.05) is 18.0 Å². The fourth-order valence-electron chi connectivity index (χ4n) is 4.31. The van der Waals surface area contributed by atoms with E-state index in [9.17, 15) is 19.1 Å². The molecule has 3 aromatic carbocycles. The molecule has 10 heteroatoms. The number of para-hydroxylation sites is 1. The van der Waals surface area contributed by atoms with E-state index in [2.05, 4.69) is 11.6 Å². The molecule has 5 rings (SSSR count). The number of fused-ring (bicyclic) bond motifs is 1. The number of ether oxygens (including phenoxy) is 2. The zero-order chi connectivity index (χ0) is 27.7. The molecule has 0 aliphatic rings. The molecule has 7 nitrogen and oxygen atoms in total. The van der Waals surface area contributed by atoms with Gasteiger partial charge in [-0.1, -0.05) is 59.8 Å². The Balaban J connectivity index is 1.37. The van der Waals surface area contributed by atoms with Gasteiger partial charge in [0.05, 0.1) is 21.1 Å². The lowest BCUT2D eigenvalue weighted by Crippen LogP contribution is -2.19. The molecule has 0 aliphatic heterocycles. The molecule has 0 saturated heterocycles. The van der Waals surface area contributed by atoms with Crippen LogP contribution in [0.25, 0.3) is 27.7 Å². The molecule has 0 atom stereocenters. The number of rotatable bonds is 8. The molecule has 2 N–H and O–H groups in total. The summed E-state index contributed by atoms with van der Waals surface area (Å²) in [6, 6.07) is 18.2. The number of aromatic hydroxyl groups is 1. The van der Waals surface area contributed by atoms with Crippen molar-refractivity contribution in [1.29, 1.82) is 0 Å². The molecule has 5 aromatic rings. The van der Waals surface area contributed by atoms with Gasteiger partial charge in [0.2, 0.25) is 11.3 Å². The van der Waals surface area contributed by atoms with Crippen molar-refractivity contribution in [2.75, 3.05) is 13.2 Å². The van der Waals surface area contributed by atoms with Crippen LogP contribution in [0.3, 0.4) is 0 Å². The van der Waals surface area contributed by atoms with Gasteiger partial charge in [-0.3, -0.25) is 14.6 Å². The number of nitrogens with zero attached hydrogens (tertiary/aromatic N) is 1. The highest BCUT2D eigenvalue weighted by molar-refractivity contribution is 7.10. The molecule has 39 heavy (non-hydrogen) atoms. The summed E-state index contributed by atoms with van der Waals surface area (Å²) in [5.41, 5.74) is 1.91. The zero-order valence-electron chi connectivity index (χ0n) is 20.7. The first kappa shape index (κ1) is 26.3. The number of aromatic amines is 1. The van der Waals surface area contributed by atoms with Gasteiger partial charge < -0.3 is 19.1 Å².